The average Bonchev–Trinajstić information content (AvgIpc) is 2.79. The largest absolute Gasteiger partial charge is 0.276 e. The Morgan fingerprint density at radius 1 is 1.32 bits per heavy atom. The zero-order valence-corrected chi connectivity index (χ0v) is 11.5. The molecule has 19 heavy (non-hydrogen) atoms. The van der Waals surface area contributed by atoms with E-state index in [1.54, 1.807) is 19.1 Å². The summed E-state index contributed by atoms with van der Waals surface area (Å²) in [6.07, 6.45) is 0. The molecule has 1 N–H and O–H groups in total. The lowest BCUT2D eigenvalue weighted by Crippen LogP contribution is -2.12. The molecule has 0 spiro atoms. The van der Waals surface area contributed by atoms with E-state index in [9.17, 15) is 12.8 Å². The molecular formula is C12H9FN2O2S2. The first-order valence-electron chi connectivity index (χ1n) is 5.21. The second-order valence-electron chi connectivity index (χ2n) is 3.78. The lowest BCUT2D eigenvalue weighted by molar-refractivity contribution is 0.600. The Hall–Kier alpha value is -1.91. The van der Waals surface area contributed by atoms with E-state index >= 15 is 0 Å². The van der Waals surface area contributed by atoms with Crippen molar-refractivity contribution in [3.05, 3.63) is 46.6 Å². The Morgan fingerprint density at radius 3 is 2.58 bits per heavy atom. The number of halogens is 1. The maximum Gasteiger partial charge on any atom is 0.271 e. The number of benzene rings is 1. The molecule has 1 aromatic heterocycles. The number of thiophene rings is 1. The number of nitrogens with one attached hydrogen (secondary N) is 1. The van der Waals surface area contributed by atoms with Crippen molar-refractivity contribution in [2.24, 2.45) is 0 Å². The highest BCUT2D eigenvalue weighted by Gasteiger charge is 2.18. The van der Waals surface area contributed by atoms with Gasteiger partial charge in [-0.15, -0.1) is 11.3 Å². The standard InChI is InChI=1S/C12H9FN2O2S2/c1-8-2-5-12(18-8)19(16,17)15-11-4-3-9(7-14)6-10(11)13/h2-6,15H,1H3. The smallest absolute Gasteiger partial charge is 0.271 e. The summed E-state index contributed by atoms with van der Waals surface area (Å²) in [5, 5.41) is 8.61. The predicted molar refractivity (Wildman–Crippen MR) is 71.0 cm³/mol. The van der Waals surface area contributed by atoms with E-state index in [0.29, 0.717) is 0 Å². The van der Waals surface area contributed by atoms with Crippen molar-refractivity contribution < 1.29 is 12.8 Å². The third kappa shape index (κ3) is 2.92. The second-order valence-corrected chi connectivity index (χ2v) is 6.97. The Bertz CT molecular complexity index is 760. The van der Waals surface area contributed by atoms with Crippen molar-refractivity contribution in [2.45, 2.75) is 11.1 Å². The number of hydrogen-bond donors (Lipinski definition) is 1. The molecule has 0 aliphatic heterocycles. The van der Waals surface area contributed by atoms with Crippen LogP contribution in [0.3, 0.4) is 0 Å². The van der Waals surface area contributed by atoms with Gasteiger partial charge in [0.25, 0.3) is 10.0 Å². The van der Waals surface area contributed by atoms with Gasteiger partial charge in [-0.1, -0.05) is 0 Å². The molecule has 0 fully saturated rings. The van der Waals surface area contributed by atoms with Gasteiger partial charge in [0, 0.05) is 4.88 Å². The van der Waals surface area contributed by atoms with Gasteiger partial charge in [0.05, 0.1) is 17.3 Å². The van der Waals surface area contributed by atoms with E-state index in [1.165, 1.54) is 18.2 Å². The van der Waals surface area contributed by atoms with Crippen molar-refractivity contribution in [1.82, 2.24) is 0 Å². The Balaban J connectivity index is 2.34. The number of hydrogen-bond acceptors (Lipinski definition) is 4. The van der Waals surface area contributed by atoms with Gasteiger partial charge in [-0.05, 0) is 37.3 Å². The fraction of sp³-hybridized carbons (Fsp3) is 0.0833. The molecule has 0 saturated carbocycles. The van der Waals surface area contributed by atoms with E-state index < -0.39 is 15.8 Å². The zero-order chi connectivity index (χ0) is 14.0. The van der Waals surface area contributed by atoms with Crippen molar-refractivity contribution >= 4 is 27.0 Å². The third-order valence-corrected chi connectivity index (χ3v) is 5.18. The molecule has 0 aliphatic carbocycles. The number of nitrogens with zero attached hydrogens (tertiary/aromatic N) is 1. The molecule has 0 saturated heterocycles. The molecule has 0 bridgehead atoms. The van der Waals surface area contributed by atoms with E-state index in [4.69, 9.17) is 5.26 Å². The van der Waals surface area contributed by atoms with Gasteiger partial charge < -0.3 is 0 Å². The molecule has 0 unspecified atom stereocenters. The molecule has 7 heteroatoms. The van der Waals surface area contributed by atoms with Crippen molar-refractivity contribution in [3.63, 3.8) is 0 Å². The quantitative estimate of drug-likeness (QED) is 0.946. The predicted octanol–water partition coefficient (Wildman–Crippen LogP) is 2.87. The zero-order valence-electron chi connectivity index (χ0n) is 9.84. The molecule has 98 valence electrons. The number of nitriles is 1. The summed E-state index contributed by atoms with van der Waals surface area (Å²) in [4.78, 5) is 0.848. The van der Waals surface area contributed by atoms with Gasteiger partial charge in [0.1, 0.15) is 10.0 Å². The van der Waals surface area contributed by atoms with Crippen molar-refractivity contribution in [3.8, 4) is 6.07 Å². The number of anilines is 1. The molecule has 2 aromatic rings. The highest BCUT2D eigenvalue weighted by molar-refractivity contribution is 7.94. The normalized spacial score (nSPS) is 11.0. The molecular weight excluding hydrogens is 287 g/mol. The number of aryl methyl sites for hydroxylation is 1. The van der Waals surface area contributed by atoms with Crippen LogP contribution in [0.2, 0.25) is 0 Å². The van der Waals surface area contributed by atoms with Crippen LogP contribution in [0.1, 0.15) is 10.4 Å². The van der Waals surface area contributed by atoms with E-state index in [-0.39, 0.29) is 15.5 Å². The molecule has 4 nitrogen and oxygen atoms in total. The lowest BCUT2D eigenvalue weighted by Gasteiger charge is -2.07. The highest BCUT2D eigenvalue weighted by atomic mass is 32.2. The first kappa shape index (κ1) is 13.5. The summed E-state index contributed by atoms with van der Waals surface area (Å²) >= 11 is 1.10. The van der Waals surface area contributed by atoms with E-state index in [2.05, 4.69) is 4.72 Å². The number of sulfonamides is 1. The number of rotatable bonds is 3. The van der Waals surface area contributed by atoms with Gasteiger partial charge in [0.15, 0.2) is 0 Å². The second kappa shape index (κ2) is 4.99. The van der Waals surface area contributed by atoms with Crippen LogP contribution in [0, 0.1) is 24.1 Å². The molecule has 1 aromatic carbocycles. The van der Waals surface area contributed by atoms with Gasteiger partial charge in [-0.2, -0.15) is 5.26 Å². The highest BCUT2D eigenvalue weighted by Crippen LogP contribution is 2.24. The Labute approximate surface area is 114 Å². The summed E-state index contributed by atoms with van der Waals surface area (Å²) in [5.41, 5.74) is -0.0440. The van der Waals surface area contributed by atoms with Gasteiger partial charge in [0.2, 0.25) is 0 Å². The van der Waals surface area contributed by atoms with Crippen LogP contribution in [0.25, 0.3) is 0 Å². The van der Waals surface area contributed by atoms with E-state index in [0.717, 1.165) is 22.3 Å². The average molecular weight is 296 g/mol. The van der Waals surface area contributed by atoms with Crippen molar-refractivity contribution in [2.75, 3.05) is 4.72 Å². The van der Waals surface area contributed by atoms with E-state index in [1.807, 2.05) is 0 Å². The lowest BCUT2D eigenvalue weighted by atomic mass is 10.2. The van der Waals surface area contributed by atoms with Crippen LogP contribution >= 0.6 is 11.3 Å². The summed E-state index contributed by atoms with van der Waals surface area (Å²) < 4.78 is 39.9. The molecule has 0 radical (unpaired) electrons. The Kier molecular flexibility index (Phi) is 3.55. The summed E-state index contributed by atoms with van der Waals surface area (Å²) in [5.74, 6) is -0.782. The van der Waals surface area contributed by atoms with Crippen LogP contribution in [0.5, 0.6) is 0 Å². The molecule has 2 rings (SSSR count). The monoisotopic (exact) mass is 296 g/mol. The van der Waals surface area contributed by atoms with Crippen LogP contribution in [0.15, 0.2) is 34.5 Å². The fourth-order valence-electron chi connectivity index (χ4n) is 1.42. The van der Waals surface area contributed by atoms with Crippen LogP contribution in [-0.2, 0) is 10.0 Å². The van der Waals surface area contributed by atoms with Gasteiger partial charge >= 0.3 is 0 Å². The third-order valence-electron chi connectivity index (χ3n) is 2.32. The molecule has 1 heterocycles. The summed E-state index contributed by atoms with van der Waals surface area (Å²) in [7, 11) is -3.79. The van der Waals surface area contributed by atoms with Crippen LogP contribution in [0.4, 0.5) is 10.1 Å². The van der Waals surface area contributed by atoms with Crippen LogP contribution in [-0.4, -0.2) is 8.42 Å². The molecule has 0 amide bonds. The van der Waals surface area contributed by atoms with Crippen molar-refractivity contribution in [1.29, 1.82) is 5.26 Å². The first-order valence-corrected chi connectivity index (χ1v) is 7.51. The SMILES string of the molecule is Cc1ccc(S(=O)(=O)Nc2ccc(C#N)cc2F)s1. The fourth-order valence-corrected chi connectivity index (χ4v) is 3.77. The summed E-state index contributed by atoms with van der Waals surface area (Å²) in [6, 6.07) is 8.47. The topological polar surface area (TPSA) is 70.0 Å². The maximum atomic E-state index is 13.6. The van der Waals surface area contributed by atoms with Gasteiger partial charge in [-0.25, -0.2) is 12.8 Å². The first-order chi connectivity index (χ1) is 8.92. The van der Waals surface area contributed by atoms with Gasteiger partial charge in [-0.3, -0.25) is 4.72 Å². The minimum Gasteiger partial charge on any atom is -0.276 e. The van der Waals surface area contributed by atoms with Crippen LogP contribution < -0.4 is 4.72 Å². The minimum atomic E-state index is -3.79. The minimum absolute atomic E-state index is 0.119. The Morgan fingerprint density at radius 2 is 2.05 bits per heavy atom. The summed E-state index contributed by atoms with van der Waals surface area (Å²) in [6.45, 7) is 1.78. The molecule has 0 aliphatic rings. The molecule has 0 atom stereocenters. The maximum absolute atomic E-state index is 13.6.